The van der Waals surface area contributed by atoms with Crippen molar-refractivity contribution in [1.29, 1.82) is 0 Å². The van der Waals surface area contributed by atoms with Crippen LogP contribution in [0.15, 0.2) is 66.7 Å². The SMILES string of the molecule is CC(O)C(F)(F)c1ccc(CC(=O)Cc2ccc(C(=O)N(C)c3ccc(C4CC4)cc3Cl)cc2)cc1. The second-order valence-corrected chi connectivity index (χ2v) is 9.84. The van der Waals surface area contributed by atoms with E-state index >= 15 is 0 Å². The van der Waals surface area contributed by atoms with E-state index in [-0.39, 0.29) is 30.1 Å². The molecule has 1 aliphatic carbocycles. The van der Waals surface area contributed by atoms with E-state index in [1.165, 1.54) is 47.6 Å². The van der Waals surface area contributed by atoms with Crippen molar-refractivity contribution in [3.63, 3.8) is 0 Å². The number of carbonyl (C=O) groups excluding carboxylic acids is 2. The van der Waals surface area contributed by atoms with Gasteiger partial charge >= 0.3 is 0 Å². The molecule has 1 N–H and O–H groups in total. The maximum absolute atomic E-state index is 13.9. The maximum atomic E-state index is 13.9. The third kappa shape index (κ3) is 5.82. The second-order valence-electron chi connectivity index (χ2n) is 9.43. The zero-order valence-electron chi connectivity index (χ0n) is 20.2. The molecule has 1 amide bonds. The van der Waals surface area contributed by atoms with Gasteiger partial charge in [-0.15, -0.1) is 0 Å². The molecule has 0 heterocycles. The van der Waals surface area contributed by atoms with Crippen LogP contribution in [0.4, 0.5) is 14.5 Å². The maximum Gasteiger partial charge on any atom is 0.298 e. The Kier molecular flexibility index (Phi) is 7.57. The van der Waals surface area contributed by atoms with Gasteiger partial charge in [-0.3, -0.25) is 9.59 Å². The predicted molar refractivity (Wildman–Crippen MR) is 137 cm³/mol. The summed E-state index contributed by atoms with van der Waals surface area (Å²) in [7, 11) is 1.68. The van der Waals surface area contributed by atoms with Crippen molar-refractivity contribution in [3.05, 3.63) is 99.6 Å². The number of Topliss-reactive ketones (excluding diaryl/α,β-unsaturated/α-hetero) is 1. The highest BCUT2D eigenvalue weighted by Crippen LogP contribution is 2.42. The van der Waals surface area contributed by atoms with Crippen molar-refractivity contribution in [2.75, 3.05) is 11.9 Å². The Labute approximate surface area is 214 Å². The van der Waals surface area contributed by atoms with Crippen LogP contribution in [0.25, 0.3) is 0 Å². The number of rotatable bonds is 9. The molecule has 1 fully saturated rings. The van der Waals surface area contributed by atoms with Gasteiger partial charge in [0.1, 0.15) is 11.9 Å². The summed E-state index contributed by atoms with van der Waals surface area (Å²) in [5.74, 6) is -3.06. The number of nitrogens with zero attached hydrogens (tertiary/aromatic N) is 1. The van der Waals surface area contributed by atoms with Gasteiger partial charge in [-0.05, 0) is 66.6 Å². The van der Waals surface area contributed by atoms with Crippen LogP contribution in [-0.4, -0.2) is 29.9 Å². The molecule has 3 aromatic rings. The number of anilines is 1. The molecule has 1 atom stereocenters. The lowest BCUT2D eigenvalue weighted by molar-refractivity contribution is -0.117. The molecular weight excluding hydrogens is 484 g/mol. The number of aliphatic hydroxyl groups is 1. The predicted octanol–water partition coefficient (Wildman–Crippen LogP) is 6.32. The minimum absolute atomic E-state index is 0.0798. The third-order valence-corrected chi connectivity index (χ3v) is 6.86. The summed E-state index contributed by atoms with van der Waals surface area (Å²) in [6, 6.07) is 18.1. The lowest BCUT2D eigenvalue weighted by Crippen LogP contribution is -2.27. The fourth-order valence-electron chi connectivity index (χ4n) is 4.14. The van der Waals surface area contributed by atoms with E-state index in [0.717, 1.165) is 12.5 Å². The first-order chi connectivity index (χ1) is 17.1. The van der Waals surface area contributed by atoms with Gasteiger partial charge in [0.25, 0.3) is 11.8 Å². The lowest BCUT2D eigenvalue weighted by Gasteiger charge is -2.20. The fraction of sp³-hybridized carbons (Fsp3) is 0.310. The molecule has 0 aliphatic heterocycles. The average Bonchev–Trinajstić information content (AvgIpc) is 3.69. The van der Waals surface area contributed by atoms with Crippen LogP contribution >= 0.6 is 11.6 Å². The molecule has 1 saturated carbocycles. The average molecular weight is 512 g/mol. The van der Waals surface area contributed by atoms with Gasteiger partial charge < -0.3 is 10.0 Å². The van der Waals surface area contributed by atoms with Crippen molar-refractivity contribution in [3.8, 4) is 0 Å². The van der Waals surface area contributed by atoms with Gasteiger partial charge in [0.05, 0.1) is 10.7 Å². The van der Waals surface area contributed by atoms with Gasteiger partial charge in [0, 0.05) is 31.0 Å². The van der Waals surface area contributed by atoms with E-state index in [2.05, 4.69) is 0 Å². The number of amides is 1. The zero-order chi connectivity index (χ0) is 26.0. The number of halogens is 3. The highest BCUT2D eigenvalue weighted by Gasteiger charge is 2.37. The van der Waals surface area contributed by atoms with Crippen LogP contribution in [0, 0.1) is 0 Å². The molecule has 1 aliphatic rings. The largest absolute Gasteiger partial charge is 0.387 e. The van der Waals surface area contributed by atoms with Crippen molar-refractivity contribution in [1.82, 2.24) is 0 Å². The minimum atomic E-state index is -3.35. The van der Waals surface area contributed by atoms with Crippen molar-refractivity contribution < 1.29 is 23.5 Å². The molecule has 7 heteroatoms. The van der Waals surface area contributed by atoms with Crippen LogP contribution in [0.1, 0.15) is 58.3 Å². The first kappa shape index (κ1) is 26.0. The Balaban J connectivity index is 1.35. The molecule has 36 heavy (non-hydrogen) atoms. The molecule has 0 aromatic heterocycles. The smallest absolute Gasteiger partial charge is 0.298 e. The molecule has 3 aromatic carbocycles. The van der Waals surface area contributed by atoms with Crippen LogP contribution in [0.3, 0.4) is 0 Å². The van der Waals surface area contributed by atoms with Crippen LogP contribution < -0.4 is 4.90 Å². The topological polar surface area (TPSA) is 57.6 Å². The Morgan fingerprint density at radius 2 is 1.56 bits per heavy atom. The summed E-state index contributed by atoms with van der Waals surface area (Å²) in [6.07, 6.45) is 0.802. The fourth-order valence-corrected chi connectivity index (χ4v) is 4.45. The molecule has 4 nitrogen and oxygen atoms in total. The van der Waals surface area contributed by atoms with E-state index in [1.807, 2.05) is 18.2 Å². The van der Waals surface area contributed by atoms with E-state index in [1.54, 1.807) is 31.3 Å². The highest BCUT2D eigenvalue weighted by molar-refractivity contribution is 6.34. The van der Waals surface area contributed by atoms with Gasteiger partial charge in [0.15, 0.2) is 0 Å². The molecule has 0 bridgehead atoms. The molecule has 0 saturated heterocycles. The van der Waals surface area contributed by atoms with Crippen molar-refractivity contribution in [2.45, 2.75) is 50.6 Å². The number of carbonyl (C=O) groups is 2. The first-order valence-corrected chi connectivity index (χ1v) is 12.3. The lowest BCUT2D eigenvalue weighted by atomic mass is 9.98. The Morgan fingerprint density at radius 1 is 1.00 bits per heavy atom. The van der Waals surface area contributed by atoms with Crippen molar-refractivity contribution >= 4 is 29.0 Å². The quantitative estimate of drug-likeness (QED) is 0.365. The van der Waals surface area contributed by atoms with Gasteiger partial charge in [-0.25, -0.2) is 0 Å². The van der Waals surface area contributed by atoms with E-state index in [9.17, 15) is 23.5 Å². The standard InChI is InChI=1S/C29H28ClF2NO3/c1-18(34)29(31,32)24-12-5-20(6-13-24)16-25(35)15-19-3-7-22(8-4-19)28(36)33(2)27-14-11-23(17-26(27)30)21-9-10-21/h3-8,11-14,17-18,21,34H,9-10,15-16H2,1-2H3. The third-order valence-electron chi connectivity index (χ3n) is 6.55. The Morgan fingerprint density at radius 3 is 2.06 bits per heavy atom. The van der Waals surface area contributed by atoms with Gasteiger partial charge in [0.2, 0.25) is 0 Å². The summed E-state index contributed by atoms with van der Waals surface area (Å²) in [5, 5.41) is 9.80. The normalized spacial score (nSPS) is 14.4. The second kappa shape index (κ2) is 10.5. The summed E-state index contributed by atoms with van der Waals surface area (Å²) in [6.45, 7) is 1.04. The van der Waals surface area contributed by atoms with Crippen LogP contribution in [-0.2, 0) is 23.6 Å². The van der Waals surface area contributed by atoms with Crippen molar-refractivity contribution in [2.24, 2.45) is 0 Å². The van der Waals surface area contributed by atoms with Crippen LogP contribution in [0.2, 0.25) is 5.02 Å². The molecule has 0 radical (unpaired) electrons. The van der Waals surface area contributed by atoms with Gasteiger partial charge in [-0.1, -0.05) is 54.1 Å². The van der Waals surface area contributed by atoms with E-state index < -0.39 is 12.0 Å². The summed E-state index contributed by atoms with van der Waals surface area (Å²) in [4.78, 5) is 27.0. The summed E-state index contributed by atoms with van der Waals surface area (Å²) in [5.41, 5.74) is 3.39. The zero-order valence-corrected chi connectivity index (χ0v) is 20.9. The Hall–Kier alpha value is -3.09. The molecule has 0 spiro atoms. The van der Waals surface area contributed by atoms with E-state index in [0.29, 0.717) is 27.8 Å². The Bertz CT molecular complexity index is 1250. The number of alkyl halides is 2. The van der Waals surface area contributed by atoms with Crippen LogP contribution in [0.5, 0.6) is 0 Å². The number of ketones is 1. The summed E-state index contributed by atoms with van der Waals surface area (Å²) >= 11 is 6.44. The summed E-state index contributed by atoms with van der Waals surface area (Å²) < 4.78 is 27.8. The number of aliphatic hydroxyl groups excluding tert-OH is 1. The monoisotopic (exact) mass is 511 g/mol. The number of benzene rings is 3. The molecule has 4 rings (SSSR count). The highest BCUT2D eigenvalue weighted by atomic mass is 35.5. The minimum Gasteiger partial charge on any atom is -0.387 e. The number of hydrogen-bond donors (Lipinski definition) is 1. The number of hydrogen-bond acceptors (Lipinski definition) is 3. The molecule has 188 valence electrons. The molecular formula is C29H28ClF2NO3. The van der Waals surface area contributed by atoms with E-state index in [4.69, 9.17) is 11.6 Å². The molecule has 1 unspecified atom stereocenters. The van der Waals surface area contributed by atoms with Gasteiger partial charge in [-0.2, -0.15) is 8.78 Å². The first-order valence-electron chi connectivity index (χ1n) is 11.9.